The number of hydrogen-bond acceptors (Lipinski definition) is 4. The number of rotatable bonds is 4. The van der Waals surface area contributed by atoms with Gasteiger partial charge in [-0.15, -0.1) is 0 Å². The first-order chi connectivity index (χ1) is 8.26. The minimum Gasteiger partial charge on any atom is -0.482 e. The monoisotopic (exact) mass is 234 g/mol. The Hall–Kier alpha value is -1.99. The number of carbonyl (C=O) groups excluding carboxylic acids is 1. The van der Waals surface area contributed by atoms with E-state index in [-0.39, 0.29) is 13.2 Å². The maximum absolute atomic E-state index is 10.8. The minimum atomic E-state index is -0.420. The fraction of sp³-hybridized carbons (Fsp3) is 0.308. The molecule has 1 aromatic carbocycles. The fourth-order valence-corrected chi connectivity index (χ4v) is 1.06. The molecular formula is C13H14O4. The van der Waals surface area contributed by atoms with Crippen LogP contribution in [0.25, 0.3) is 0 Å². The van der Waals surface area contributed by atoms with Gasteiger partial charge >= 0.3 is 5.97 Å². The van der Waals surface area contributed by atoms with Gasteiger partial charge in [0.05, 0.1) is 13.7 Å². The zero-order valence-electron chi connectivity index (χ0n) is 9.60. The van der Waals surface area contributed by atoms with Gasteiger partial charge in [0.1, 0.15) is 5.75 Å². The first-order valence-electron chi connectivity index (χ1n) is 5.15. The highest BCUT2D eigenvalue weighted by Gasteiger charge is 2.00. The normalized spacial score (nSPS) is 9.06. The van der Waals surface area contributed by atoms with E-state index in [1.165, 1.54) is 7.11 Å². The Balaban J connectivity index is 2.51. The van der Waals surface area contributed by atoms with Crippen molar-refractivity contribution < 1.29 is 19.4 Å². The Morgan fingerprint density at radius 3 is 2.65 bits per heavy atom. The van der Waals surface area contributed by atoms with E-state index in [2.05, 4.69) is 16.6 Å². The van der Waals surface area contributed by atoms with Gasteiger partial charge < -0.3 is 14.6 Å². The van der Waals surface area contributed by atoms with Gasteiger partial charge in [0.15, 0.2) is 6.61 Å². The number of methoxy groups -OCH3 is 1. The third-order valence-electron chi connectivity index (χ3n) is 1.91. The van der Waals surface area contributed by atoms with Crippen LogP contribution in [0.2, 0.25) is 0 Å². The highest BCUT2D eigenvalue weighted by molar-refractivity contribution is 5.70. The summed E-state index contributed by atoms with van der Waals surface area (Å²) >= 11 is 0. The van der Waals surface area contributed by atoms with E-state index in [4.69, 9.17) is 9.84 Å². The smallest absolute Gasteiger partial charge is 0.343 e. The number of hydrogen-bond donors (Lipinski definition) is 1. The number of carbonyl (C=O) groups is 1. The Bertz CT molecular complexity index is 411. The third-order valence-corrected chi connectivity index (χ3v) is 1.91. The average Bonchev–Trinajstić information content (AvgIpc) is 2.37. The Labute approximate surface area is 100 Å². The average molecular weight is 234 g/mol. The van der Waals surface area contributed by atoms with Crippen molar-refractivity contribution in [1.29, 1.82) is 0 Å². The first-order valence-corrected chi connectivity index (χ1v) is 5.15. The third kappa shape index (κ3) is 5.05. The molecule has 0 heterocycles. The van der Waals surface area contributed by atoms with E-state index in [9.17, 15) is 4.79 Å². The number of benzene rings is 1. The van der Waals surface area contributed by atoms with Crippen molar-refractivity contribution in [3.05, 3.63) is 29.8 Å². The van der Waals surface area contributed by atoms with E-state index >= 15 is 0 Å². The molecule has 4 heteroatoms. The van der Waals surface area contributed by atoms with Gasteiger partial charge in [0.2, 0.25) is 0 Å². The topological polar surface area (TPSA) is 55.8 Å². The first kappa shape index (κ1) is 13.1. The Kier molecular flexibility index (Phi) is 5.62. The van der Waals surface area contributed by atoms with Crippen molar-refractivity contribution in [2.24, 2.45) is 0 Å². The maximum Gasteiger partial charge on any atom is 0.343 e. The number of ether oxygens (including phenoxy) is 2. The molecule has 0 aliphatic rings. The largest absolute Gasteiger partial charge is 0.482 e. The summed E-state index contributed by atoms with van der Waals surface area (Å²) in [7, 11) is 1.31. The SMILES string of the molecule is COC(=O)COc1ccc(C#CCCO)cc1. The van der Waals surface area contributed by atoms with Crippen LogP contribution in [0.1, 0.15) is 12.0 Å². The second-order valence-corrected chi connectivity index (χ2v) is 3.16. The van der Waals surface area contributed by atoms with Crippen molar-refractivity contribution in [3.63, 3.8) is 0 Å². The number of aliphatic hydroxyl groups excluding tert-OH is 1. The van der Waals surface area contributed by atoms with Crippen molar-refractivity contribution in [1.82, 2.24) is 0 Å². The van der Waals surface area contributed by atoms with E-state index in [0.717, 1.165) is 5.56 Å². The van der Waals surface area contributed by atoms with Crippen LogP contribution in [-0.4, -0.2) is 31.4 Å². The van der Waals surface area contributed by atoms with Gasteiger partial charge in [-0.05, 0) is 24.3 Å². The van der Waals surface area contributed by atoms with Crippen LogP contribution in [0.3, 0.4) is 0 Å². The lowest BCUT2D eigenvalue weighted by molar-refractivity contribution is -0.142. The molecule has 0 saturated carbocycles. The summed E-state index contributed by atoms with van der Waals surface area (Å²) in [6.45, 7) is -0.0423. The van der Waals surface area contributed by atoms with E-state index < -0.39 is 5.97 Å². The second-order valence-electron chi connectivity index (χ2n) is 3.16. The molecule has 0 spiro atoms. The van der Waals surface area contributed by atoms with Crippen LogP contribution in [0, 0.1) is 11.8 Å². The Morgan fingerprint density at radius 2 is 2.06 bits per heavy atom. The molecule has 1 rings (SSSR count). The van der Waals surface area contributed by atoms with Gasteiger partial charge in [-0.1, -0.05) is 11.8 Å². The summed E-state index contributed by atoms with van der Waals surface area (Å²) in [5.74, 6) is 5.87. The number of aliphatic hydroxyl groups is 1. The van der Waals surface area contributed by atoms with Crippen molar-refractivity contribution in [3.8, 4) is 17.6 Å². The van der Waals surface area contributed by atoms with Gasteiger partial charge in [-0.25, -0.2) is 4.79 Å². The molecular weight excluding hydrogens is 220 g/mol. The molecule has 4 nitrogen and oxygen atoms in total. The molecule has 0 bridgehead atoms. The molecule has 0 radical (unpaired) electrons. The Morgan fingerprint density at radius 1 is 1.35 bits per heavy atom. The van der Waals surface area contributed by atoms with Crippen molar-refractivity contribution in [2.45, 2.75) is 6.42 Å². The molecule has 90 valence electrons. The van der Waals surface area contributed by atoms with Crippen LogP contribution in [-0.2, 0) is 9.53 Å². The zero-order chi connectivity index (χ0) is 12.5. The predicted molar refractivity (Wildman–Crippen MR) is 62.5 cm³/mol. The van der Waals surface area contributed by atoms with Gasteiger partial charge in [0, 0.05) is 12.0 Å². The van der Waals surface area contributed by atoms with Crippen molar-refractivity contribution in [2.75, 3.05) is 20.3 Å². The second kappa shape index (κ2) is 7.31. The zero-order valence-corrected chi connectivity index (χ0v) is 9.60. The van der Waals surface area contributed by atoms with Gasteiger partial charge in [-0.3, -0.25) is 0 Å². The van der Waals surface area contributed by atoms with E-state index in [0.29, 0.717) is 12.2 Å². The lowest BCUT2D eigenvalue weighted by Gasteiger charge is -2.03. The lowest BCUT2D eigenvalue weighted by Crippen LogP contribution is -2.12. The minimum absolute atomic E-state index is 0.0628. The molecule has 0 aliphatic carbocycles. The summed E-state index contributed by atoms with van der Waals surface area (Å²) in [5, 5.41) is 8.57. The standard InChI is InChI=1S/C13H14O4/c1-16-13(15)10-17-12-7-5-11(6-8-12)4-2-3-9-14/h5-8,14H,3,9-10H2,1H3. The molecule has 17 heavy (non-hydrogen) atoms. The molecule has 0 aromatic heterocycles. The molecule has 0 fully saturated rings. The molecule has 0 amide bonds. The highest BCUT2D eigenvalue weighted by atomic mass is 16.6. The maximum atomic E-state index is 10.8. The molecule has 0 saturated heterocycles. The van der Waals surface area contributed by atoms with Crippen molar-refractivity contribution >= 4 is 5.97 Å². The van der Waals surface area contributed by atoms with E-state index in [1.54, 1.807) is 24.3 Å². The van der Waals surface area contributed by atoms with Crippen LogP contribution < -0.4 is 4.74 Å². The predicted octanol–water partition coefficient (Wildman–Crippen LogP) is 0.972. The summed E-state index contributed by atoms with van der Waals surface area (Å²) in [4.78, 5) is 10.8. The van der Waals surface area contributed by atoms with Crippen LogP contribution >= 0.6 is 0 Å². The van der Waals surface area contributed by atoms with Gasteiger partial charge in [0.25, 0.3) is 0 Å². The summed E-state index contributed by atoms with van der Waals surface area (Å²) < 4.78 is 9.63. The molecule has 0 unspecified atom stereocenters. The summed E-state index contributed by atoms with van der Waals surface area (Å²) in [5.41, 5.74) is 0.837. The molecule has 1 aromatic rings. The summed E-state index contributed by atoms with van der Waals surface area (Å²) in [6, 6.07) is 7.03. The quantitative estimate of drug-likeness (QED) is 0.623. The van der Waals surface area contributed by atoms with Crippen LogP contribution in [0.15, 0.2) is 24.3 Å². The van der Waals surface area contributed by atoms with E-state index in [1.807, 2.05) is 0 Å². The molecule has 1 N–H and O–H groups in total. The van der Waals surface area contributed by atoms with Crippen LogP contribution in [0.5, 0.6) is 5.75 Å². The highest BCUT2D eigenvalue weighted by Crippen LogP contribution is 2.11. The molecule has 0 atom stereocenters. The fourth-order valence-electron chi connectivity index (χ4n) is 1.06. The van der Waals surface area contributed by atoms with Crippen LogP contribution in [0.4, 0.5) is 0 Å². The summed E-state index contributed by atoms with van der Waals surface area (Å²) in [6.07, 6.45) is 0.459. The lowest BCUT2D eigenvalue weighted by atomic mass is 10.2. The molecule has 0 aliphatic heterocycles. The number of esters is 1. The van der Waals surface area contributed by atoms with Gasteiger partial charge in [-0.2, -0.15) is 0 Å².